The molecular formula is C17H20N2O3. The van der Waals surface area contributed by atoms with E-state index in [-0.39, 0.29) is 5.91 Å². The van der Waals surface area contributed by atoms with Gasteiger partial charge in [-0.2, -0.15) is 0 Å². The number of hydrogen-bond donors (Lipinski definition) is 1. The number of aromatic nitrogens is 1. The van der Waals surface area contributed by atoms with Crippen LogP contribution in [-0.2, 0) is 16.1 Å². The number of hydrogen-bond acceptors (Lipinski definition) is 3. The van der Waals surface area contributed by atoms with Gasteiger partial charge in [-0.1, -0.05) is 0 Å². The predicted molar refractivity (Wildman–Crippen MR) is 84.9 cm³/mol. The van der Waals surface area contributed by atoms with Crippen molar-refractivity contribution >= 4 is 17.6 Å². The van der Waals surface area contributed by atoms with E-state index in [9.17, 15) is 9.59 Å². The summed E-state index contributed by atoms with van der Waals surface area (Å²) in [5, 5.41) is 2.82. The summed E-state index contributed by atoms with van der Waals surface area (Å²) in [6, 6.07) is 10.7. The van der Waals surface area contributed by atoms with Crippen LogP contribution in [0.1, 0.15) is 28.2 Å². The molecule has 1 aromatic heterocycles. The van der Waals surface area contributed by atoms with Crippen LogP contribution in [0.15, 0.2) is 36.4 Å². The molecule has 0 radical (unpaired) electrons. The Labute approximate surface area is 129 Å². The average molecular weight is 300 g/mol. The van der Waals surface area contributed by atoms with Gasteiger partial charge in [-0.05, 0) is 50.2 Å². The van der Waals surface area contributed by atoms with Crippen molar-refractivity contribution in [1.82, 2.24) is 4.57 Å². The fourth-order valence-electron chi connectivity index (χ4n) is 2.30. The number of nitrogens with one attached hydrogen (secondary N) is 1. The van der Waals surface area contributed by atoms with Gasteiger partial charge in [0.1, 0.15) is 0 Å². The van der Waals surface area contributed by atoms with Gasteiger partial charge >= 0.3 is 5.97 Å². The summed E-state index contributed by atoms with van der Waals surface area (Å²) in [7, 11) is 1.34. The molecule has 1 heterocycles. The zero-order valence-corrected chi connectivity index (χ0v) is 13.1. The molecule has 0 spiro atoms. The first kappa shape index (κ1) is 15.8. The van der Waals surface area contributed by atoms with Crippen molar-refractivity contribution in [2.75, 3.05) is 12.4 Å². The number of ether oxygens (including phenoxy) is 1. The normalized spacial score (nSPS) is 10.3. The molecule has 116 valence electrons. The minimum Gasteiger partial charge on any atom is -0.465 e. The van der Waals surface area contributed by atoms with E-state index in [1.807, 2.05) is 26.0 Å². The second-order valence-electron chi connectivity index (χ2n) is 5.13. The van der Waals surface area contributed by atoms with E-state index in [1.54, 1.807) is 24.3 Å². The molecule has 2 aromatic rings. The van der Waals surface area contributed by atoms with Crippen LogP contribution in [0.3, 0.4) is 0 Å². The fourth-order valence-corrected chi connectivity index (χ4v) is 2.30. The topological polar surface area (TPSA) is 60.3 Å². The van der Waals surface area contributed by atoms with Gasteiger partial charge in [0.15, 0.2) is 0 Å². The standard InChI is InChI=1S/C17H20N2O3/c1-12-4-5-13(2)19(12)11-10-16(20)18-15-8-6-14(7-9-15)17(21)22-3/h4-9H,10-11H2,1-3H3,(H,18,20). The second-order valence-corrected chi connectivity index (χ2v) is 5.13. The first-order valence-electron chi connectivity index (χ1n) is 7.12. The highest BCUT2D eigenvalue weighted by Gasteiger charge is 2.08. The van der Waals surface area contributed by atoms with E-state index in [0.717, 1.165) is 11.4 Å². The Hall–Kier alpha value is -2.56. The molecule has 0 saturated carbocycles. The number of nitrogens with zero attached hydrogens (tertiary/aromatic N) is 1. The molecule has 0 saturated heterocycles. The van der Waals surface area contributed by atoms with Gasteiger partial charge in [0.05, 0.1) is 12.7 Å². The summed E-state index contributed by atoms with van der Waals surface area (Å²) in [4.78, 5) is 23.3. The van der Waals surface area contributed by atoms with Gasteiger partial charge in [0.2, 0.25) is 5.91 Å². The molecular weight excluding hydrogens is 280 g/mol. The van der Waals surface area contributed by atoms with Crippen LogP contribution in [0, 0.1) is 13.8 Å². The van der Waals surface area contributed by atoms with Crippen LogP contribution >= 0.6 is 0 Å². The number of rotatable bonds is 5. The number of benzene rings is 1. The number of anilines is 1. The molecule has 0 bridgehead atoms. The van der Waals surface area contributed by atoms with Crippen LogP contribution in [0.5, 0.6) is 0 Å². The highest BCUT2D eigenvalue weighted by atomic mass is 16.5. The van der Waals surface area contributed by atoms with E-state index >= 15 is 0 Å². The number of carbonyl (C=O) groups is 2. The lowest BCUT2D eigenvalue weighted by molar-refractivity contribution is -0.116. The summed E-state index contributed by atoms with van der Waals surface area (Å²) in [5.41, 5.74) is 3.41. The third kappa shape index (κ3) is 3.75. The van der Waals surface area contributed by atoms with Gasteiger partial charge in [-0.15, -0.1) is 0 Å². The maximum atomic E-state index is 12.0. The van der Waals surface area contributed by atoms with E-state index in [1.165, 1.54) is 7.11 Å². The molecule has 1 amide bonds. The van der Waals surface area contributed by atoms with Crippen LogP contribution in [0.2, 0.25) is 0 Å². The van der Waals surface area contributed by atoms with Crippen molar-refractivity contribution in [1.29, 1.82) is 0 Å². The molecule has 5 heteroatoms. The van der Waals surface area contributed by atoms with Crippen molar-refractivity contribution < 1.29 is 14.3 Å². The number of carbonyl (C=O) groups excluding carboxylic acids is 2. The van der Waals surface area contributed by atoms with Crippen molar-refractivity contribution in [2.45, 2.75) is 26.8 Å². The van der Waals surface area contributed by atoms with Crippen molar-refractivity contribution in [3.8, 4) is 0 Å². The Kier molecular flexibility index (Phi) is 4.99. The lowest BCUT2D eigenvalue weighted by Gasteiger charge is -2.10. The zero-order valence-electron chi connectivity index (χ0n) is 13.1. The molecule has 1 N–H and O–H groups in total. The van der Waals surface area contributed by atoms with Gasteiger partial charge in [0.25, 0.3) is 0 Å². The maximum Gasteiger partial charge on any atom is 0.337 e. The molecule has 0 aliphatic heterocycles. The number of amides is 1. The molecule has 0 atom stereocenters. The first-order valence-corrected chi connectivity index (χ1v) is 7.12. The van der Waals surface area contributed by atoms with Crippen LogP contribution in [0.4, 0.5) is 5.69 Å². The van der Waals surface area contributed by atoms with Gasteiger partial charge < -0.3 is 14.6 Å². The van der Waals surface area contributed by atoms with Gasteiger partial charge in [-0.25, -0.2) is 4.79 Å². The maximum absolute atomic E-state index is 12.0. The Balaban J connectivity index is 1.91. The number of esters is 1. The summed E-state index contributed by atoms with van der Waals surface area (Å²) < 4.78 is 6.74. The minimum absolute atomic E-state index is 0.0571. The summed E-state index contributed by atoms with van der Waals surface area (Å²) in [6.45, 7) is 4.70. The molecule has 2 rings (SSSR count). The largest absolute Gasteiger partial charge is 0.465 e. The molecule has 22 heavy (non-hydrogen) atoms. The van der Waals surface area contributed by atoms with Gasteiger partial charge in [-0.3, -0.25) is 4.79 Å². The van der Waals surface area contributed by atoms with Crippen molar-refractivity contribution in [3.05, 3.63) is 53.3 Å². The molecule has 0 unspecified atom stereocenters. The van der Waals surface area contributed by atoms with Crippen LogP contribution in [-0.4, -0.2) is 23.6 Å². The van der Waals surface area contributed by atoms with E-state index in [0.29, 0.717) is 24.2 Å². The van der Waals surface area contributed by atoms with Crippen molar-refractivity contribution in [2.24, 2.45) is 0 Å². The number of aryl methyl sites for hydroxylation is 2. The fraction of sp³-hybridized carbons (Fsp3) is 0.294. The van der Waals surface area contributed by atoms with Crippen LogP contribution < -0.4 is 5.32 Å². The molecule has 1 aromatic carbocycles. The summed E-state index contributed by atoms with van der Waals surface area (Å²) >= 11 is 0. The molecule has 0 aliphatic carbocycles. The lowest BCUT2D eigenvalue weighted by Crippen LogP contribution is -2.15. The second kappa shape index (κ2) is 6.93. The molecule has 0 aliphatic rings. The smallest absolute Gasteiger partial charge is 0.337 e. The van der Waals surface area contributed by atoms with Crippen molar-refractivity contribution in [3.63, 3.8) is 0 Å². The summed E-state index contributed by atoms with van der Waals surface area (Å²) in [6.07, 6.45) is 0.398. The Bertz CT molecular complexity index is 652. The van der Waals surface area contributed by atoms with Gasteiger partial charge in [0, 0.05) is 30.0 Å². The average Bonchev–Trinajstić information content (AvgIpc) is 2.84. The highest BCUT2D eigenvalue weighted by Crippen LogP contribution is 2.12. The minimum atomic E-state index is -0.392. The Morgan fingerprint density at radius 3 is 2.18 bits per heavy atom. The SMILES string of the molecule is COC(=O)c1ccc(NC(=O)CCn2c(C)ccc2C)cc1. The lowest BCUT2D eigenvalue weighted by atomic mass is 10.2. The zero-order chi connectivity index (χ0) is 16.1. The molecule has 5 nitrogen and oxygen atoms in total. The monoisotopic (exact) mass is 300 g/mol. The Morgan fingerprint density at radius 2 is 1.64 bits per heavy atom. The third-order valence-corrected chi connectivity index (χ3v) is 3.57. The predicted octanol–water partition coefficient (Wildman–Crippen LogP) is 2.92. The van der Waals surface area contributed by atoms with E-state index in [2.05, 4.69) is 14.6 Å². The third-order valence-electron chi connectivity index (χ3n) is 3.57. The highest BCUT2D eigenvalue weighted by molar-refractivity contribution is 5.93. The molecule has 0 fully saturated rings. The van der Waals surface area contributed by atoms with Crippen LogP contribution in [0.25, 0.3) is 0 Å². The number of methoxy groups -OCH3 is 1. The van der Waals surface area contributed by atoms with E-state index in [4.69, 9.17) is 0 Å². The van der Waals surface area contributed by atoms with E-state index < -0.39 is 5.97 Å². The summed E-state index contributed by atoms with van der Waals surface area (Å²) in [5.74, 6) is -0.449. The first-order chi connectivity index (χ1) is 10.5. The Morgan fingerprint density at radius 1 is 1.05 bits per heavy atom. The quantitative estimate of drug-likeness (QED) is 0.864.